The minimum absolute atomic E-state index is 0.328. The summed E-state index contributed by atoms with van der Waals surface area (Å²) in [6.07, 6.45) is 6.51. The molecule has 0 saturated carbocycles. The summed E-state index contributed by atoms with van der Waals surface area (Å²) in [6.45, 7) is 0. The summed E-state index contributed by atoms with van der Waals surface area (Å²) in [6, 6.07) is 9.21. The second-order valence-electron chi connectivity index (χ2n) is 5.59. The molecule has 19 heavy (non-hydrogen) atoms. The van der Waals surface area contributed by atoms with Crippen molar-refractivity contribution in [3.63, 3.8) is 0 Å². The number of halogens is 1. The number of hydrogen-bond acceptors (Lipinski definition) is 3. The Hall–Kier alpha value is -1.35. The molecule has 98 valence electrons. The Morgan fingerprint density at radius 1 is 1.11 bits per heavy atom. The maximum Gasteiger partial charge on any atom is 0.226 e. The summed E-state index contributed by atoms with van der Waals surface area (Å²) < 4.78 is 0. The van der Waals surface area contributed by atoms with Gasteiger partial charge >= 0.3 is 0 Å². The van der Waals surface area contributed by atoms with Gasteiger partial charge in [-0.25, -0.2) is 9.97 Å². The van der Waals surface area contributed by atoms with E-state index in [4.69, 9.17) is 16.6 Å². The van der Waals surface area contributed by atoms with E-state index in [9.17, 15) is 0 Å². The van der Waals surface area contributed by atoms with Gasteiger partial charge in [0.2, 0.25) is 5.95 Å². The summed E-state index contributed by atoms with van der Waals surface area (Å²) in [7, 11) is 0. The van der Waals surface area contributed by atoms with Crippen molar-refractivity contribution in [3.8, 4) is 0 Å². The predicted octanol–water partition coefficient (Wildman–Crippen LogP) is 3.37. The predicted molar refractivity (Wildman–Crippen MR) is 77.7 cm³/mol. The third kappa shape index (κ3) is 1.88. The summed E-state index contributed by atoms with van der Waals surface area (Å²) in [5.74, 6) is 0.884. The van der Waals surface area contributed by atoms with Crippen molar-refractivity contribution >= 4 is 28.5 Å². The average Bonchev–Trinajstić information content (AvgIpc) is 2.70. The molecular formula is C15H16ClN3. The van der Waals surface area contributed by atoms with Crippen LogP contribution in [-0.4, -0.2) is 27.4 Å². The molecule has 0 amide bonds. The van der Waals surface area contributed by atoms with Crippen molar-refractivity contribution in [3.05, 3.63) is 30.5 Å². The molecule has 4 heteroatoms. The zero-order chi connectivity index (χ0) is 12.8. The standard InChI is InChI=1S/C15H16ClN3/c16-11-7-12-5-6-13(8-11)19(12)15-17-9-10-3-1-2-4-14(10)18-15/h1-4,9,11-13H,5-8H2. The first kappa shape index (κ1) is 11.5. The van der Waals surface area contributed by atoms with Gasteiger partial charge in [-0.15, -0.1) is 11.6 Å². The van der Waals surface area contributed by atoms with Crippen LogP contribution in [0.1, 0.15) is 25.7 Å². The molecule has 2 unspecified atom stereocenters. The van der Waals surface area contributed by atoms with Gasteiger partial charge < -0.3 is 4.90 Å². The first-order chi connectivity index (χ1) is 9.31. The van der Waals surface area contributed by atoms with Crippen LogP contribution in [-0.2, 0) is 0 Å². The molecule has 2 aliphatic rings. The average molecular weight is 274 g/mol. The SMILES string of the molecule is ClC1CC2CCC(C1)N2c1ncc2ccccc2n1. The Morgan fingerprint density at radius 3 is 2.63 bits per heavy atom. The number of rotatable bonds is 1. The summed E-state index contributed by atoms with van der Waals surface area (Å²) in [5.41, 5.74) is 1.03. The van der Waals surface area contributed by atoms with Crippen LogP contribution < -0.4 is 4.90 Å². The van der Waals surface area contributed by atoms with Gasteiger partial charge in [0.25, 0.3) is 0 Å². The number of anilines is 1. The van der Waals surface area contributed by atoms with Crippen LogP contribution in [0.5, 0.6) is 0 Å². The molecule has 2 bridgehead atoms. The fourth-order valence-electron chi connectivity index (χ4n) is 3.52. The van der Waals surface area contributed by atoms with Gasteiger partial charge in [0.05, 0.1) is 5.52 Å². The maximum atomic E-state index is 6.33. The maximum absolute atomic E-state index is 6.33. The van der Waals surface area contributed by atoms with Gasteiger partial charge in [-0.05, 0) is 31.7 Å². The first-order valence-electron chi connectivity index (χ1n) is 6.95. The van der Waals surface area contributed by atoms with Gasteiger partial charge in [0.15, 0.2) is 0 Å². The van der Waals surface area contributed by atoms with Crippen LogP contribution in [0.15, 0.2) is 30.5 Å². The monoisotopic (exact) mass is 273 g/mol. The fourth-order valence-corrected chi connectivity index (χ4v) is 3.94. The number of alkyl halides is 1. The highest BCUT2D eigenvalue weighted by Crippen LogP contribution is 2.39. The van der Waals surface area contributed by atoms with Crippen LogP contribution in [0.25, 0.3) is 10.9 Å². The fraction of sp³-hybridized carbons (Fsp3) is 0.467. The smallest absolute Gasteiger partial charge is 0.226 e. The highest BCUT2D eigenvalue weighted by Gasteiger charge is 2.41. The second-order valence-corrected chi connectivity index (χ2v) is 6.21. The van der Waals surface area contributed by atoms with Crippen LogP contribution in [0.2, 0.25) is 0 Å². The van der Waals surface area contributed by atoms with Crippen molar-refractivity contribution < 1.29 is 0 Å². The van der Waals surface area contributed by atoms with E-state index in [2.05, 4.69) is 22.0 Å². The Kier molecular flexibility index (Phi) is 2.62. The van der Waals surface area contributed by atoms with E-state index in [0.717, 1.165) is 29.7 Å². The molecule has 0 aliphatic carbocycles. The normalized spacial score (nSPS) is 29.9. The molecule has 0 N–H and O–H groups in total. The Morgan fingerprint density at radius 2 is 1.84 bits per heavy atom. The number of para-hydroxylation sites is 1. The van der Waals surface area contributed by atoms with Crippen molar-refractivity contribution in [2.24, 2.45) is 0 Å². The van der Waals surface area contributed by atoms with Crippen molar-refractivity contribution in [1.29, 1.82) is 0 Å². The number of aromatic nitrogens is 2. The topological polar surface area (TPSA) is 29.0 Å². The molecule has 2 aliphatic heterocycles. The van der Waals surface area contributed by atoms with Gasteiger partial charge in [-0.3, -0.25) is 0 Å². The number of nitrogens with zero attached hydrogens (tertiary/aromatic N) is 3. The van der Waals surface area contributed by atoms with Crippen LogP contribution in [0.3, 0.4) is 0 Å². The van der Waals surface area contributed by atoms with E-state index in [0.29, 0.717) is 17.5 Å². The van der Waals surface area contributed by atoms with Gasteiger partial charge in [0.1, 0.15) is 0 Å². The third-order valence-corrected chi connectivity index (χ3v) is 4.74. The van der Waals surface area contributed by atoms with Crippen molar-refractivity contribution in [2.75, 3.05) is 4.90 Å². The number of fused-ring (bicyclic) bond motifs is 3. The van der Waals surface area contributed by atoms with Crippen molar-refractivity contribution in [2.45, 2.75) is 43.1 Å². The lowest BCUT2D eigenvalue weighted by Gasteiger charge is -2.37. The van der Waals surface area contributed by atoms with Crippen molar-refractivity contribution in [1.82, 2.24) is 9.97 Å². The van der Waals surface area contributed by atoms with E-state index < -0.39 is 0 Å². The highest BCUT2D eigenvalue weighted by atomic mass is 35.5. The quantitative estimate of drug-likeness (QED) is 0.746. The van der Waals surface area contributed by atoms with Crippen LogP contribution in [0, 0.1) is 0 Å². The lowest BCUT2D eigenvalue weighted by atomic mass is 10.0. The zero-order valence-electron chi connectivity index (χ0n) is 10.7. The van der Waals surface area contributed by atoms with E-state index in [1.165, 1.54) is 12.8 Å². The Bertz CT molecular complexity index is 601. The van der Waals surface area contributed by atoms with Gasteiger partial charge in [-0.1, -0.05) is 18.2 Å². The largest absolute Gasteiger partial charge is 0.335 e. The lowest BCUT2D eigenvalue weighted by Crippen LogP contribution is -2.44. The molecule has 2 atom stereocenters. The van der Waals surface area contributed by atoms with E-state index in [1.54, 1.807) is 0 Å². The molecule has 3 heterocycles. The minimum atomic E-state index is 0.328. The Balaban J connectivity index is 1.74. The number of hydrogen-bond donors (Lipinski definition) is 0. The molecule has 1 aromatic heterocycles. The zero-order valence-corrected chi connectivity index (χ0v) is 11.4. The summed E-state index contributed by atoms with van der Waals surface area (Å²) >= 11 is 6.33. The number of benzene rings is 1. The molecule has 0 spiro atoms. The van der Waals surface area contributed by atoms with Crippen LogP contribution in [0.4, 0.5) is 5.95 Å². The Labute approximate surface area is 117 Å². The molecule has 2 fully saturated rings. The number of piperidine rings is 1. The molecule has 4 rings (SSSR count). The molecule has 1 aromatic carbocycles. The summed E-state index contributed by atoms with van der Waals surface area (Å²) in [5, 5.41) is 1.43. The molecule has 2 aromatic rings. The molecule has 2 saturated heterocycles. The minimum Gasteiger partial charge on any atom is -0.335 e. The molecular weight excluding hydrogens is 258 g/mol. The second kappa shape index (κ2) is 4.34. The van der Waals surface area contributed by atoms with Gasteiger partial charge in [-0.2, -0.15) is 0 Å². The lowest BCUT2D eigenvalue weighted by molar-refractivity contribution is 0.467. The van der Waals surface area contributed by atoms with Gasteiger partial charge in [0, 0.05) is 29.0 Å². The van der Waals surface area contributed by atoms with E-state index in [1.807, 2.05) is 18.3 Å². The third-order valence-electron chi connectivity index (χ3n) is 4.38. The van der Waals surface area contributed by atoms with E-state index in [-0.39, 0.29) is 0 Å². The summed E-state index contributed by atoms with van der Waals surface area (Å²) in [4.78, 5) is 11.7. The van der Waals surface area contributed by atoms with E-state index >= 15 is 0 Å². The van der Waals surface area contributed by atoms with Crippen LogP contribution >= 0.6 is 11.6 Å². The first-order valence-corrected chi connectivity index (χ1v) is 7.39. The molecule has 0 radical (unpaired) electrons. The highest BCUT2D eigenvalue weighted by molar-refractivity contribution is 6.20. The molecule has 3 nitrogen and oxygen atoms in total.